The summed E-state index contributed by atoms with van der Waals surface area (Å²) in [5, 5.41) is 8.21. The van der Waals surface area contributed by atoms with Gasteiger partial charge in [-0.25, -0.2) is 0 Å². The van der Waals surface area contributed by atoms with Gasteiger partial charge in [0.1, 0.15) is 0 Å². The van der Waals surface area contributed by atoms with E-state index in [0.29, 0.717) is 6.54 Å². The van der Waals surface area contributed by atoms with Crippen molar-refractivity contribution in [3.05, 3.63) is 30.3 Å². The first-order chi connectivity index (χ1) is 8.63. The quantitative estimate of drug-likeness (QED) is 0.691. The third-order valence-corrected chi connectivity index (χ3v) is 2.44. The van der Waals surface area contributed by atoms with Crippen LogP contribution in [0, 0.1) is 5.92 Å². The van der Waals surface area contributed by atoms with Gasteiger partial charge in [-0.05, 0) is 19.2 Å². The zero-order chi connectivity index (χ0) is 13.4. The van der Waals surface area contributed by atoms with Crippen LogP contribution >= 0.6 is 0 Å². The third-order valence-electron chi connectivity index (χ3n) is 2.44. The average molecular weight is 249 g/mol. The lowest BCUT2D eigenvalue weighted by molar-refractivity contribution is -0.126. The molecule has 0 saturated heterocycles. The summed E-state index contributed by atoms with van der Waals surface area (Å²) >= 11 is 0. The van der Waals surface area contributed by atoms with Crippen LogP contribution in [-0.2, 0) is 9.59 Å². The summed E-state index contributed by atoms with van der Waals surface area (Å²) in [4.78, 5) is 23.1. The first-order valence-corrected chi connectivity index (χ1v) is 5.90. The number of para-hydroxylation sites is 1. The Labute approximate surface area is 107 Å². The second-order valence-electron chi connectivity index (χ2n) is 4.09. The molecular formula is C13H19N3O2. The number of carbonyl (C=O) groups excluding carboxylic acids is 2. The molecule has 0 aromatic heterocycles. The first kappa shape index (κ1) is 14.2. The number of hydrogen-bond donors (Lipinski definition) is 3. The largest absolute Gasteiger partial charge is 0.347 e. The standard InChI is InChI=1S/C13H19N3O2/c1-10(8-14-2)13(18)15-9-12(17)16-11-6-4-3-5-7-11/h3-7,10,14H,8-9H2,1-2H3,(H,15,18)(H,16,17). The summed E-state index contributed by atoms with van der Waals surface area (Å²) in [6, 6.07) is 9.13. The van der Waals surface area contributed by atoms with E-state index in [2.05, 4.69) is 16.0 Å². The minimum absolute atomic E-state index is 0.0121. The Kier molecular flexibility index (Phi) is 5.87. The van der Waals surface area contributed by atoms with Gasteiger partial charge in [-0.3, -0.25) is 9.59 Å². The molecule has 5 heteroatoms. The molecule has 2 amide bonds. The highest BCUT2D eigenvalue weighted by Gasteiger charge is 2.12. The molecule has 18 heavy (non-hydrogen) atoms. The van der Waals surface area contributed by atoms with Gasteiger partial charge in [0.25, 0.3) is 0 Å². The molecule has 1 aromatic carbocycles. The lowest BCUT2D eigenvalue weighted by Crippen LogP contribution is -2.38. The van der Waals surface area contributed by atoms with E-state index in [4.69, 9.17) is 0 Å². The molecule has 1 unspecified atom stereocenters. The SMILES string of the molecule is CNCC(C)C(=O)NCC(=O)Nc1ccccc1. The van der Waals surface area contributed by atoms with Crippen molar-refractivity contribution in [3.8, 4) is 0 Å². The number of nitrogens with one attached hydrogen (secondary N) is 3. The Morgan fingerprint density at radius 3 is 2.50 bits per heavy atom. The molecule has 0 fully saturated rings. The second kappa shape index (κ2) is 7.45. The minimum Gasteiger partial charge on any atom is -0.347 e. The van der Waals surface area contributed by atoms with Crippen LogP contribution in [0.15, 0.2) is 30.3 Å². The van der Waals surface area contributed by atoms with E-state index < -0.39 is 0 Å². The molecule has 0 spiro atoms. The molecule has 1 atom stereocenters. The fourth-order valence-electron chi connectivity index (χ4n) is 1.47. The topological polar surface area (TPSA) is 70.2 Å². The summed E-state index contributed by atoms with van der Waals surface area (Å²) in [5.41, 5.74) is 0.722. The van der Waals surface area contributed by atoms with Gasteiger partial charge < -0.3 is 16.0 Å². The fourth-order valence-corrected chi connectivity index (χ4v) is 1.47. The predicted molar refractivity (Wildman–Crippen MR) is 71.2 cm³/mol. The Morgan fingerprint density at radius 1 is 1.22 bits per heavy atom. The molecule has 3 N–H and O–H groups in total. The monoisotopic (exact) mass is 249 g/mol. The maximum atomic E-state index is 11.6. The number of benzene rings is 1. The maximum Gasteiger partial charge on any atom is 0.243 e. The summed E-state index contributed by atoms with van der Waals surface area (Å²) in [7, 11) is 1.78. The van der Waals surface area contributed by atoms with Gasteiger partial charge in [0, 0.05) is 18.2 Å². The predicted octanol–water partition coefficient (Wildman–Crippen LogP) is 0.597. The molecule has 0 aliphatic heterocycles. The Balaban J connectivity index is 2.31. The lowest BCUT2D eigenvalue weighted by atomic mass is 10.1. The highest BCUT2D eigenvalue weighted by Crippen LogP contribution is 2.04. The molecule has 0 radical (unpaired) electrons. The van der Waals surface area contributed by atoms with Crippen LogP contribution in [0.2, 0.25) is 0 Å². The van der Waals surface area contributed by atoms with Gasteiger partial charge in [-0.15, -0.1) is 0 Å². The number of carbonyl (C=O) groups is 2. The van der Waals surface area contributed by atoms with Gasteiger partial charge in [0.2, 0.25) is 11.8 Å². The summed E-state index contributed by atoms with van der Waals surface area (Å²) in [5.74, 6) is -0.515. The molecule has 1 aromatic rings. The van der Waals surface area contributed by atoms with Gasteiger partial charge in [0.15, 0.2) is 0 Å². The van der Waals surface area contributed by atoms with Crippen molar-refractivity contribution in [2.45, 2.75) is 6.92 Å². The number of anilines is 1. The van der Waals surface area contributed by atoms with Crippen molar-refractivity contribution in [2.24, 2.45) is 5.92 Å². The van der Waals surface area contributed by atoms with E-state index in [-0.39, 0.29) is 24.3 Å². The molecule has 0 bridgehead atoms. The molecule has 0 heterocycles. The van der Waals surface area contributed by atoms with Crippen molar-refractivity contribution in [1.82, 2.24) is 10.6 Å². The summed E-state index contributed by atoms with van der Waals surface area (Å²) in [6.07, 6.45) is 0. The highest BCUT2D eigenvalue weighted by atomic mass is 16.2. The number of rotatable bonds is 6. The third kappa shape index (κ3) is 4.97. The van der Waals surface area contributed by atoms with E-state index in [9.17, 15) is 9.59 Å². The normalized spacial score (nSPS) is 11.7. The van der Waals surface area contributed by atoms with Crippen molar-refractivity contribution >= 4 is 17.5 Å². The lowest BCUT2D eigenvalue weighted by Gasteiger charge is -2.11. The van der Waals surface area contributed by atoms with Crippen LogP contribution in [-0.4, -0.2) is 32.0 Å². The maximum absolute atomic E-state index is 11.6. The fraction of sp³-hybridized carbons (Fsp3) is 0.385. The molecule has 1 rings (SSSR count). The van der Waals surface area contributed by atoms with Crippen LogP contribution in [0.1, 0.15) is 6.92 Å². The number of hydrogen-bond acceptors (Lipinski definition) is 3. The van der Waals surface area contributed by atoms with Crippen molar-refractivity contribution in [3.63, 3.8) is 0 Å². The zero-order valence-corrected chi connectivity index (χ0v) is 10.7. The van der Waals surface area contributed by atoms with E-state index in [0.717, 1.165) is 5.69 Å². The Bertz CT molecular complexity index is 392. The average Bonchev–Trinajstić information content (AvgIpc) is 2.37. The molecule has 5 nitrogen and oxygen atoms in total. The van der Waals surface area contributed by atoms with Crippen LogP contribution < -0.4 is 16.0 Å². The van der Waals surface area contributed by atoms with Crippen molar-refractivity contribution in [1.29, 1.82) is 0 Å². The second-order valence-corrected chi connectivity index (χ2v) is 4.09. The van der Waals surface area contributed by atoms with Gasteiger partial charge in [-0.1, -0.05) is 25.1 Å². The molecule has 0 aliphatic carbocycles. The zero-order valence-electron chi connectivity index (χ0n) is 10.7. The first-order valence-electron chi connectivity index (χ1n) is 5.90. The Morgan fingerprint density at radius 2 is 1.89 bits per heavy atom. The van der Waals surface area contributed by atoms with Crippen LogP contribution in [0.5, 0.6) is 0 Å². The van der Waals surface area contributed by atoms with E-state index in [1.165, 1.54) is 0 Å². The Hall–Kier alpha value is -1.88. The van der Waals surface area contributed by atoms with Crippen LogP contribution in [0.3, 0.4) is 0 Å². The van der Waals surface area contributed by atoms with E-state index in [1.54, 1.807) is 26.1 Å². The van der Waals surface area contributed by atoms with Crippen molar-refractivity contribution < 1.29 is 9.59 Å². The molecule has 0 saturated carbocycles. The highest BCUT2D eigenvalue weighted by molar-refractivity contribution is 5.94. The smallest absolute Gasteiger partial charge is 0.243 e. The summed E-state index contributed by atoms with van der Waals surface area (Å²) < 4.78 is 0. The van der Waals surface area contributed by atoms with Gasteiger partial charge in [-0.2, -0.15) is 0 Å². The number of amides is 2. The molecular weight excluding hydrogens is 230 g/mol. The van der Waals surface area contributed by atoms with Gasteiger partial charge >= 0.3 is 0 Å². The van der Waals surface area contributed by atoms with Gasteiger partial charge in [0.05, 0.1) is 6.54 Å². The molecule has 0 aliphatic rings. The molecule has 98 valence electrons. The van der Waals surface area contributed by atoms with Crippen molar-refractivity contribution in [2.75, 3.05) is 25.5 Å². The minimum atomic E-state index is -0.230. The van der Waals surface area contributed by atoms with Crippen LogP contribution in [0.25, 0.3) is 0 Å². The van der Waals surface area contributed by atoms with E-state index in [1.807, 2.05) is 18.2 Å². The van der Waals surface area contributed by atoms with Crippen LogP contribution in [0.4, 0.5) is 5.69 Å². The summed E-state index contributed by atoms with van der Waals surface area (Å²) in [6.45, 7) is 2.38. The van der Waals surface area contributed by atoms with E-state index >= 15 is 0 Å².